The maximum absolute atomic E-state index is 12.0. The summed E-state index contributed by atoms with van der Waals surface area (Å²) in [7, 11) is 0. The molecule has 0 bridgehead atoms. The molecule has 0 fully saturated rings. The van der Waals surface area contributed by atoms with Gasteiger partial charge in [0.25, 0.3) is 5.91 Å². The van der Waals surface area contributed by atoms with Gasteiger partial charge in [-0.1, -0.05) is 30.3 Å². The van der Waals surface area contributed by atoms with Crippen LogP contribution >= 0.6 is 0 Å². The summed E-state index contributed by atoms with van der Waals surface area (Å²) in [5, 5.41) is 6.46. The number of rotatable bonds is 3. The van der Waals surface area contributed by atoms with Crippen LogP contribution in [0.25, 0.3) is 10.9 Å². The van der Waals surface area contributed by atoms with Gasteiger partial charge in [0, 0.05) is 29.7 Å². The lowest BCUT2D eigenvalue weighted by Crippen LogP contribution is -2.34. The fourth-order valence-electron chi connectivity index (χ4n) is 3.03. The molecule has 0 unspecified atom stereocenters. The van der Waals surface area contributed by atoms with Crippen LogP contribution in [0.15, 0.2) is 54.6 Å². The zero-order valence-electron chi connectivity index (χ0n) is 13.5. The van der Waals surface area contributed by atoms with E-state index in [9.17, 15) is 9.59 Å². The fourth-order valence-corrected chi connectivity index (χ4v) is 3.03. The predicted octanol–water partition coefficient (Wildman–Crippen LogP) is 3.13. The second kappa shape index (κ2) is 6.32. The lowest BCUT2D eigenvalue weighted by molar-refractivity contribution is 0.0929. The van der Waals surface area contributed by atoms with Crippen LogP contribution in [-0.4, -0.2) is 23.1 Å². The Balaban J connectivity index is 1.48. The number of amides is 2. The number of hydrogen-bond donors (Lipinski definition) is 2. The van der Waals surface area contributed by atoms with Gasteiger partial charge < -0.3 is 14.6 Å². The molecule has 6 nitrogen and oxygen atoms in total. The van der Waals surface area contributed by atoms with Gasteiger partial charge >= 0.3 is 6.09 Å². The highest BCUT2D eigenvalue weighted by molar-refractivity contribution is 6.00. The van der Waals surface area contributed by atoms with E-state index in [4.69, 9.17) is 4.74 Å². The van der Waals surface area contributed by atoms with Gasteiger partial charge in [-0.15, -0.1) is 0 Å². The maximum atomic E-state index is 12.0. The molecule has 0 saturated heterocycles. The average Bonchev–Trinajstić information content (AvgIpc) is 3.00. The summed E-state index contributed by atoms with van der Waals surface area (Å²) in [6.07, 6.45) is -0.509. The summed E-state index contributed by atoms with van der Waals surface area (Å²) in [6.45, 7) is 1.59. The molecule has 1 aliphatic rings. The first-order valence-corrected chi connectivity index (χ1v) is 8.10. The summed E-state index contributed by atoms with van der Waals surface area (Å²) in [6, 6.07) is 16.9. The SMILES string of the molecule is O=C(Nc1ccc2c(c1)cc1n2CCNC1=O)OCc1ccccc1. The van der Waals surface area contributed by atoms with Crippen molar-refractivity contribution in [3.8, 4) is 0 Å². The Kier molecular flexibility index (Phi) is 3.85. The Hall–Kier alpha value is -3.28. The lowest BCUT2D eigenvalue weighted by atomic mass is 10.2. The normalized spacial score (nSPS) is 13.2. The molecule has 0 saturated carbocycles. The van der Waals surface area contributed by atoms with E-state index in [1.54, 1.807) is 0 Å². The molecule has 126 valence electrons. The minimum absolute atomic E-state index is 0.0702. The van der Waals surface area contributed by atoms with Gasteiger partial charge in [-0.25, -0.2) is 4.79 Å². The van der Waals surface area contributed by atoms with E-state index in [0.29, 0.717) is 17.9 Å². The molecule has 6 heteroatoms. The molecule has 1 aromatic heterocycles. The number of carbonyl (C=O) groups excluding carboxylic acids is 2. The van der Waals surface area contributed by atoms with Gasteiger partial charge in [-0.3, -0.25) is 10.1 Å². The van der Waals surface area contributed by atoms with Gasteiger partial charge in [0.15, 0.2) is 0 Å². The van der Waals surface area contributed by atoms with Gasteiger partial charge in [-0.05, 0) is 29.8 Å². The third-order valence-corrected chi connectivity index (χ3v) is 4.21. The number of nitrogens with zero attached hydrogens (tertiary/aromatic N) is 1. The molecule has 2 N–H and O–H groups in total. The second-order valence-corrected chi connectivity index (χ2v) is 5.90. The number of fused-ring (bicyclic) bond motifs is 3. The number of carbonyl (C=O) groups is 2. The first-order chi connectivity index (χ1) is 12.2. The molecule has 0 atom stereocenters. The molecule has 2 aromatic carbocycles. The number of aromatic nitrogens is 1. The molecular weight excluding hydrogens is 318 g/mol. The molecule has 1 aliphatic heterocycles. The molecule has 2 amide bonds. The lowest BCUT2D eigenvalue weighted by Gasteiger charge is -2.16. The van der Waals surface area contributed by atoms with Crippen LogP contribution in [0, 0.1) is 0 Å². The fraction of sp³-hybridized carbons (Fsp3) is 0.158. The van der Waals surface area contributed by atoms with Gasteiger partial charge in [0.2, 0.25) is 0 Å². The standard InChI is InChI=1S/C19H17N3O3/c23-18-17-11-14-10-15(6-7-16(14)22(17)9-8-20-18)21-19(24)25-12-13-4-2-1-3-5-13/h1-7,10-11H,8-9,12H2,(H,20,23)(H,21,24). The van der Waals surface area contributed by atoms with Crippen molar-refractivity contribution in [3.05, 3.63) is 65.9 Å². The Morgan fingerprint density at radius 1 is 1.16 bits per heavy atom. The van der Waals surface area contributed by atoms with Crippen molar-refractivity contribution in [2.45, 2.75) is 13.2 Å². The molecule has 3 aromatic rings. The van der Waals surface area contributed by atoms with E-state index in [1.807, 2.05) is 59.2 Å². The summed E-state index contributed by atoms with van der Waals surface area (Å²) >= 11 is 0. The van der Waals surface area contributed by atoms with Crippen molar-refractivity contribution in [1.82, 2.24) is 9.88 Å². The van der Waals surface area contributed by atoms with Crippen LogP contribution < -0.4 is 10.6 Å². The first kappa shape index (κ1) is 15.3. The largest absolute Gasteiger partial charge is 0.444 e. The summed E-state index contributed by atoms with van der Waals surface area (Å²) in [5.74, 6) is -0.0702. The van der Waals surface area contributed by atoms with Crippen molar-refractivity contribution in [2.24, 2.45) is 0 Å². The highest BCUT2D eigenvalue weighted by Crippen LogP contribution is 2.25. The van der Waals surface area contributed by atoms with E-state index in [1.165, 1.54) is 0 Å². The van der Waals surface area contributed by atoms with Crippen molar-refractivity contribution in [1.29, 1.82) is 0 Å². The maximum Gasteiger partial charge on any atom is 0.411 e. The number of nitrogens with one attached hydrogen (secondary N) is 2. The van der Waals surface area contributed by atoms with Crippen LogP contribution in [0.3, 0.4) is 0 Å². The molecular formula is C19H17N3O3. The smallest absolute Gasteiger partial charge is 0.411 e. The average molecular weight is 335 g/mol. The third-order valence-electron chi connectivity index (χ3n) is 4.21. The van der Waals surface area contributed by atoms with Crippen molar-refractivity contribution >= 4 is 28.6 Å². The van der Waals surface area contributed by atoms with E-state index < -0.39 is 6.09 Å². The highest BCUT2D eigenvalue weighted by Gasteiger charge is 2.19. The van der Waals surface area contributed by atoms with Crippen molar-refractivity contribution in [3.63, 3.8) is 0 Å². The molecule has 2 heterocycles. The predicted molar refractivity (Wildman–Crippen MR) is 94.5 cm³/mol. The van der Waals surface area contributed by atoms with E-state index in [0.717, 1.165) is 23.0 Å². The zero-order valence-corrected chi connectivity index (χ0v) is 13.5. The molecule has 4 rings (SSSR count). The van der Waals surface area contributed by atoms with Crippen LogP contribution in [-0.2, 0) is 17.9 Å². The number of ether oxygens (including phenoxy) is 1. The van der Waals surface area contributed by atoms with Crippen LogP contribution in [0.4, 0.5) is 10.5 Å². The second-order valence-electron chi connectivity index (χ2n) is 5.90. The quantitative estimate of drug-likeness (QED) is 0.772. The van der Waals surface area contributed by atoms with E-state index >= 15 is 0 Å². The minimum atomic E-state index is -0.509. The minimum Gasteiger partial charge on any atom is -0.444 e. The Labute approximate surface area is 144 Å². The van der Waals surface area contributed by atoms with Gasteiger partial charge in [0.05, 0.1) is 0 Å². The van der Waals surface area contributed by atoms with Crippen molar-refractivity contribution in [2.75, 3.05) is 11.9 Å². The van der Waals surface area contributed by atoms with Crippen molar-refractivity contribution < 1.29 is 14.3 Å². The number of hydrogen-bond acceptors (Lipinski definition) is 3. The number of benzene rings is 2. The topological polar surface area (TPSA) is 72.4 Å². The first-order valence-electron chi connectivity index (χ1n) is 8.10. The summed E-state index contributed by atoms with van der Waals surface area (Å²) in [5.41, 5.74) is 3.19. The van der Waals surface area contributed by atoms with Crippen LogP contribution in [0.1, 0.15) is 16.1 Å². The number of anilines is 1. The van der Waals surface area contributed by atoms with Gasteiger partial charge in [0.1, 0.15) is 12.3 Å². The zero-order chi connectivity index (χ0) is 17.2. The molecule has 0 radical (unpaired) electrons. The Morgan fingerprint density at radius 2 is 2.00 bits per heavy atom. The third kappa shape index (κ3) is 3.06. The molecule has 25 heavy (non-hydrogen) atoms. The van der Waals surface area contributed by atoms with Crippen LogP contribution in [0.5, 0.6) is 0 Å². The summed E-state index contributed by atoms with van der Waals surface area (Å²) < 4.78 is 7.21. The van der Waals surface area contributed by atoms with Crippen LogP contribution in [0.2, 0.25) is 0 Å². The summed E-state index contributed by atoms with van der Waals surface area (Å²) in [4.78, 5) is 23.9. The molecule has 0 spiro atoms. The highest BCUT2D eigenvalue weighted by atomic mass is 16.5. The van der Waals surface area contributed by atoms with Gasteiger partial charge in [-0.2, -0.15) is 0 Å². The Morgan fingerprint density at radius 3 is 2.84 bits per heavy atom. The molecule has 0 aliphatic carbocycles. The van der Waals surface area contributed by atoms with E-state index in [2.05, 4.69) is 10.6 Å². The Bertz CT molecular complexity index is 947. The van der Waals surface area contributed by atoms with E-state index in [-0.39, 0.29) is 12.5 Å². The monoisotopic (exact) mass is 335 g/mol.